The molecule has 0 unspecified atom stereocenters. The van der Waals surface area contributed by atoms with Gasteiger partial charge in [0.2, 0.25) is 0 Å². The maximum absolute atomic E-state index is 9.10. The number of nitrogens with zero attached hydrogens (tertiary/aromatic N) is 2. The lowest BCUT2D eigenvalue weighted by Gasteiger charge is -2.27. The van der Waals surface area contributed by atoms with Gasteiger partial charge in [-0.25, -0.2) is 9.97 Å². The Morgan fingerprint density at radius 3 is 2.56 bits per heavy atom. The Bertz CT molecular complexity index is 365. The molecule has 2 rings (SSSR count). The number of nitrogens with one attached hydrogen (secondary N) is 1. The van der Waals surface area contributed by atoms with Gasteiger partial charge in [-0.2, -0.15) is 0 Å². The summed E-state index contributed by atoms with van der Waals surface area (Å²) in [4.78, 5) is 8.33. The van der Waals surface area contributed by atoms with Crippen molar-refractivity contribution in [3.05, 3.63) is 12.4 Å². The molecule has 0 aromatic carbocycles. The predicted octanol–water partition coefficient (Wildman–Crippen LogP) is 1.70. The Morgan fingerprint density at radius 1 is 1.22 bits per heavy atom. The lowest BCUT2D eigenvalue weighted by molar-refractivity contribution is 0.170. The average molecular weight is 251 g/mol. The van der Waals surface area contributed by atoms with E-state index >= 15 is 0 Å². The first-order chi connectivity index (χ1) is 8.83. The largest absolute Gasteiger partial charge is 0.478 e. The fourth-order valence-corrected chi connectivity index (χ4v) is 2.46. The van der Waals surface area contributed by atoms with Crippen LogP contribution in [0.2, 0.25) is 0 Å². The van der Waals surface area contributed by atoms with Gasteiger partial charge in [0.15, 0.2) is 5.82 Å². The van der Waals surface area contributed by atoms with E-state index in [4.69, 9.17) is 9.84 Å². The lowest BCUT2D eigenvalue weighted by atomic mass is 9.82. The summed E-state index contributed by atoms with van der Waals surface area (Å²) in [6.45, 7) is 1.23. The third kappa shape index (κ3) is 3.32. The van der Waals surface area contributed by atoms with Crippen LogP contribution in [0.4, 0.5) is 5.82 Å². The second-order valence-corrected chi connectivity index (χ2v) is 4.86. The van der Waals surface area contributed by atoms with Crippen LogP contribution in [-0.2, 0) is 0 Å². The maximum Gasteiger partial charge on any atom is 0.257 e. The Morgan fingerprint density at radius 2 is 1.89 bits per heavy atom. The van der Waals surface area contributed by atoms with Gasteiger partial charge in [0.25, 0.3) is 5.88 Å². The van der Waals surface area contributed by atoms with Crippen LogP contribution in [0.25, 0.3) is 0 Å². The number of aliphatic hydroxyl groups is 1. The summed E-state index contributed by atoms with van der Waals surface area (Å²) in [5.74, 6) is 2.41. The topological polar surface area (TPSA) is 67.3 Å². The molecule has 0 amide bonds. The monoisotopic (exact) mass is 251 g/mol. The van der Waals surface area contributed by atoms with Crippen LogP contribution >= 0.6 is 0 Å². The van der Waals surface area contributed by atoms with Gasteiger partial charge in [0.05, 0.1) is 7.11 Å². The number of rotatable bonds is 5. The highest BCUT2D eigenvalue weighted by molar-refractivity contribution is 5.44. The zero-order valence-corrected chi connectivity index (χ0v) is 10.8. The number of hydrogen-bond donors (Lipinski definition) is 2. The van der Waals surface area contributed by atoms with Crippen molar-refractivity contribution in [1.82, 2.24) is 9.97 Å². The highest BCUT2D eigenvalue weighted by atomic mass is 16.5. The molecule has 100 valence electrons. The van der Waals surface area contributed by atoms with Crippen LogP contribution in [0, 0.1) is 11.8 Å². The van der Waals surface area contributed by atoms with Crippen molar-refractivity contribution < 1.29 is 9.84 Å². The lowest BCUT2D eigenvalue weighted by Crippen LogP contribution is -2.23. The zero-order chi connectivity index (χ0) is 12.8. The van der Waals surface area contributed by atoms with Crippen LogP contribution in [0.3, 0.4) is 0 Å². The summed E-state index contributed by atoms with van der Waals surface area (Å²) in [5, 5.41) is 12.4. The highest BCUT2D eigenvalue weighted by Crippen LogP contribution is 2.29. The van der Waals surface area contributed by atoms with E-state index in [1.807, 2.05) is 0 Å². The molecule has 0 aliphatic heterocycles. The third-order valence-corrected chi connectivity index (χ3v) is 3.64. The third-order valence-electron chi connectivity index (χ3n) is 3.64. The molecular weight excluding hydrogens is 230 g/mol. The van der Waals surface area contributed by atoms with Crippen molar-refractivity contribution in [2.75, 3.05) is 25.6 Å². The van der Waals surface area contributed by atoms with Gasteiger partial charge in [-0.1, -0.05) is 0 Å². The molecule has 1 aliphatic carbocycles. The van der Waals surface area contributed by atoms with E-state index in [1.165, 1.54) is 12.8 Å². The molecule has 5 nitrogen and oxygen atoms in total. The first kappa shape index (κ1) is 13.1. The minimum Gasteiger partial charge on any atom is -0.478 e. The Kier molecular flexibility index (Phi) is 4.75. The Hall–Kier alpha value is -1.36. The molecule has 1 aromatic rings. The maximum atomic E-state index is 9.10. The van der Waals surface area contributed by atoms with Crippen LogP contribution in [0.15, 0.2) is 12.4 Å². The van der Waals surface area contributed by atoms with Gasteiger partial charge in [0.1, 0.15) is 0 Å². The van der Waals surface area contributed by atoms with Crippen molar-refractivity contribution in [3.63, 3.8) is 0 Å². The van der Waals surface area contributed by atoms with Gasteiger partial charge in [-0.05, 0) is 37.5 Å². The number of ether oxygens (including phenoxy) is 1. The van der Waals surface area contributed by atoms with Crippen LogP contribution in [-0.4, -0.2) is 35.3 Å². The highest BCUT2D eigenvalue weighted by Gasteiger charge is 2.20. The van der Waals surface area contributed by atoms with Crippen molar-refractivity contribution in [3.8, 4) is 5.88 Å². The second kappa shape index (κ2) is 6.54. The summed E-state index contributed by atoms with van der Waals surface area (Å²) < 4.78 is 5.15. The van der Waals surface area contributed by atoms with Gasteiger partial charge >= 0.3 is 0 Å². The molecule has 1 aromatic heterocycles. The van der Waals surface area contributed by atoms with E-state index in [2.05, 4.69) is 15.3 Å². The van der Waals surface area contributed by atoms with Crippen molar-refractivity contribution >= 4 is 5.82 Å². The van der Waals surface area contributed by atoms with Crippen molar-refractivity contribution in [1.29, 1.82) is 0 Å². The Balaban J connectivity index is 1.81. The summed E-state index contributed by atoms with van der Waals surface area (Å²) >= 11 is 0. The number of aliphatic hydroxyl groups excluding tert-OH is 1. The molecule has 0 atom stereocenters. The normalized spacial score (nSPS) is 23.7. The summed E-state index contributed by atoms with van der Waals surface area (Å²) in [7, 11) is 1.60. The molecule has 0 radical (unpaired) electrons. The predicted molar refractivity (Wildman–Crippen MR) is 69.6 cm³/mol. The standard InChI is InChI=1S/C13H21N3O2/c1-18-13-12(14-6-7-15-13)16-8-10-2-4-11(9-17)5-3-10/h6-7,10-11,17H,2-5,8-9H2,1H3,(H,14,16). The van der Waals surface area contributed by atoms with E-state index in [0.29, 0.717) is 30.1 Å². The molecule has 5 heteroatoms. The van der Waals surface area contributed by atoms with E-state index in [0.717, 1.165) is 19.4 Å². The summed E-state index contributed by atoms with van der Waals surface area (Å²) in [5.41, 5.74) is 0. The van der Waals surface area contributed by atoms with Crippen molar-refractivity contribution in [2.24, 2.45) is 11.8 Å². The minimum atomic E-state index is 0.331. The van der Waals surface area contributed by atoms with Crippen molar-refractivity contribution in [2.45, 2.75) is 25.7 Å². The summed E-state index contributed by atoms with van der Waals surface area (Å²) in [6.07, 6.45) is 7.87. The average Bonchev–Trinajstić information content (AvgIpc) is 2.46. The number of hydrogen-bond acceptors (Lipinski definition) is 5. The molecule has 1 heterocycles. The minimum absolute atomic E-state index is 0.331. The molecule has 1 fully saturated rings. The van der Waals surface area contributed by atoms with Crippen LogP contribution < -0.4 is 10.1 Å². The first-order valence-corrected chi connectivity index (χ1v) is 6.53. The first-order valence-electron chi connectivity index (χ1n) is 6.53. The Labute approximate surface area is 108 Å². The van der Waals surface area contributed by atoms with E-state index in [1.54, 1.807) is 19.5 Å². The number of anilines is 1. The SMILES string of the molecule is COc1nccnc1NCC1CCC(CO)CC1. The second-order valence-electron chi connectivity index (χ2n) is 4.86. The fraction of sp³-hybridized carbons (Fsp3) is 0.692. The van der Waals surface area contributed by atoms with Gasteiger partial charge in [-0.3, -0.25) is 0 Å². The van der Waals surface area contributed by atoms with Gasteiger partial charge in [-0.15, -0.1) is 0 Å². The zero-order valence-electron chi connectivity index (χ0n) is 10.8. The van der Waals surface area contributed by atoms with Crippen LogP contribution in [0.1, 0.15) is 25.7 Å². The van der Waals surface area contributed by atoms with E-state index in [9.17, 15) is 0 Å². The van der Waals surface area contributed by atoms with Gasteiger partial charge in [0, 0.05) is 25.5 Å². The van der Waals surface area contributed by atoms with Gasteiger partial charge < -0.3 is 15.2 Å². The molecule has 1 saturated carbocycles. The summed E-state index contributed by atoms with van der Waals surface area (Å²) in [6, 6.07) is 0. The molecule has 1 aliphatic rings. The molecule has 2 N–H and O–H groups in total. The smallest absolute Gasteiger partial charge is 0.257 e. The molecular formula is C13H21N3O2. The van der Waals surface area contributed by atoms with E-state index < -0.39 is 0 Å². The number of methoxy groups -OCH3 is 1. The quantitative estimate of drug-likeness (QED) is 0.833. The number of aromatic nitrogens is 2. The molecule has 0 saturated heterocycles. The molecule has 0 bridgehead atoms. The van der Waals surface area contributed by atoms with E-state index in [-0.39, 0.29) is 0 Å². The van der Waals surface area contributed by atoms with Crippen LogP contribution in [0.5, 0.6) is 5.88 Å². The fourth-order valence-electron chi connectivity index (χ4n) is 2.46. The molecule has 18 heavy (non-hydrogen) atoms. The molecule has 0 spiro atoms.